The Balaban J connectivity index is 2.51. The van der Waals surface area contributed by atoms with Gasteiger partial charge in [0.05, 0.1) is 6.61 Å². The summed E-state index contributed by atoms with van der Waals surface area (Å²) in [6.45, 7) is 0.492. The number of carbonyl (C=O) groups excluding carboxylic acids is 1. The van der Waals surface area contributed by atoms with E-state index in [0.717, 1.165) is 12.8 Å². The maximum atomic E-state index is 11.9. The molecule has 3 nitrogen and oxygen atoms in total. The van der Waals surface area contributed by atoms with Crippen molar-refractivity contribution in [3.63, 3.8) is 0 Å². The molecule has 0 unspecified atom stereocenters. The standard InChI is InChI=1S/C13H21NO2/c1-2-3-9-13(16)14(10-11-15)12-7-5-4-6-8-12/h1,12,15H,3-11H2. The second-order valence-corrected chi connectivity index (χ2v) is 4.31. The molecule has 1 amide bonds. The second kappa shape index (κ2) is 7.29. The molecule has 1 N–H and O–H groups in total. The van der Waals surface area contributed by atoms with Gasteiger partial charge in [0.2, 0.25) is 5.91 Å². The van der Waals surface area contributed by atoms with Crippen LogP contribution in [0.5, 0.6) is 0 Å². The summed E-state index contributed by atoms with van der Waals surface area (Å²) in [4.78, 5) is 13.7. The second-order valence-electron chi connectivity index (χ2n) is 4.31. The lowest BCUT2D eigenvalue weighted by atomic mass is 9.94. The monoisotopic (exact) mass is 223 g/mol. The molecule has 3 heteroatoms. The molecule has 0 aromatic rings. The quantitative estimate of drug-likeness (QED) is 0.718. The van der Waals surface area contributed by atoms with E-state index in [0.29, 0.717) is 25.4 Å². The number of aliphatic hydroxyl groups excluding tert-OH is 1. The summed E-state index contributed by atoms with van der Waals surface area (Å²) in [6.07, 6.45) is 11.8. The van der Waals surface area contributed by atoms with E-state index in [4.69, 9.17) is 11.5 Å². The molecule has 0 heterocycles. The molecule has 0 radical (unpaired) electrons. The molecule has 0 saturated heterocycles. The average Bonchev–Trinajstić information content (AvgIpc) is 2.34. The van der Waals surface area contributed by atoms with Gasteiger partial charge in [0.1, 0.15) is 0 Å². The van der Waals surface area contributed by atoms with Gasteiger partial charge in [-0.2, -0.15) is 0 Å². The van der Waals surface area contributed by atoms with Crippen molar-refractivity contribution < 1.29 is 9.90 Å². The SMILES string of the molecule is C#CCCC(=O)N(CCO)C1CCCCC1. The first-order valence-corrected chi connectivity index (χ1v) is 6.13. The van der Waals surface area contributed by atoms with Crippen molar-refractivity contribution in [2.24, 2.45) is 0 Å². The number of rotatable bonds is 5. The highest BCUT2D eigenvalue weighted by Crippen LogP contribution is 2.23. The number of carbonyl (C=O) groups is 1. The molecule has 16 heavy (non-hydrogen) atoms. The highest BCUT2D eigenvalue weighted by atomic mass is 16.3. The summed E-state index contributed by atoms with van der Waals surface area (Å²) in [5.74, 6) is 2.58. The van der Waals surface area contributed by atoms with Gasteiger partial charge in [0, 0.05) is 25.4 Å². The minimum absolute atomic E-state index is 0.0400. The van der Waals surface area contributed by atoms with Crippen molar-refractivity contribution in [3.8, 4) is 12.3 Å². The van der Waals surface area contributed by atoms with Crippen LogP contribution in [0.2, 0.25) is 0 Å². The van der Waals surface area contributed by atoms with E-state index in [2.05, 4.69) is 5.92 Å². The molecule has 0 aromatic carbocycles. The van der Waals surface area contributed by atoms with Crippen LogP contribution in [0.25, 0.3) is 0 Å². The van der Waals surface area contributed by atoms with Crippen LogP contribution in [0.4, 0.5) is 0 Å². The van der Waals surface area contributed by atoms with Crippen LogP contribution in [0, 0.1) is 12.3 Å². The Morgan fingerprint density at radius 1 is 1.38 bits per heavy atom. The fraction of sp³-hybridized carbons (Fsp3) is 0.769. The van der Waals surface area contributed by atoms with Crippen molar-refractivity contribution >= 4 is 5.91 Å². The van der Waals surface area contributed by atoms with E-state index in [1.807, 2.05) is 4.90 Å². The van der Waals surface area contributed by atoms with Crippen molar-refractivity contribution in [3.05, 3.63) is 0 Å². The van der Waals surface area contributed by atoms with Crippen LogP contribution in [-0.2, 0) is 4.79 Å². The zero-order valence-electron chi connectivity index (χ0n) is 9.82. The van der Waals surface area contributed by atoms with Crippen LogP contribution < -0.4 is 0 Å². The molecule has 0 atom stereocenters. The highest BCUT2D eigenvalue weighted by molar-refractivity contribution is 5.76. The smallest absolute Gasteiger partial charge is 0.223 e. The van der Waals surface area contributed by atoms with Crippen molar-refractivity contribution in [2.45, 2.75) is 51.0 Å². The summed E-state index contributed by atoms with van der Waals surface area (Å²) in [7, 11) is 0. The molecule has 1 saturated carbocycles. The molecule has 1 rings (SSSR count). The van der Waals surface area contributed by atoms with E-state index in [-0.39, 0.29) is 12.5 Å². The summed E-state index contributed by atoms with van der Waals surface area (Å²) in [5, 5.41) is 9.01. The molecule has 1 fully saturated rings. The molecule has 90 valence electrons. The number of nitrogens with zero attached hydrogens (tertiary/aromatic N) is 1. The summed E-state index contributed by atoms with van der Waals surface area (Å²) >= 11 is 0. The average molecular weight is 223 g/mol. The van der Waals surface area contributed by atoms with E-state index >= 15 is 0 Å². The number of amides is 1. The van der Waals surface area contributed by atoms with E-state index in [1.165, 1.54) is 19.3 Å². The molecule has 1 aliphatic rings. The largest absolute Gasteiger partial charge is 0.395 e. The zero-order valence-corrected chi connectivity index (χ0v) is 9.82. The topological polar surface area (TPSA) is 40.5 Å². The van der Waals surface area contributed by atoms with Crippen LogP contribution in [0.1, 0.15) is 44.9 Å². The minimum atomic E-state index is 0.0400. The van der Waals surface area contributed by atoms with Crippen LogP contribution >= 0.6 is 0 Å². The molecule has 0 spiro atoms. The Kier molecular flexibility index (Phi) is 5.95. The number of aliphatic hydroxyl groups is 1. The third-order valence-electron chi connectivity index (χ3n) is 3.16. The van der Waals surface area contributed by atoms with Crippen molar-refractivity contribution in [1.82, 2.24) is 4.90 Å². The Labute approximate surface area is 97.8 Å². The van der Waals surface area contributed by atoms with Gasteiger partial charge in [-0.25, -0.2) is 0 Å². The fourth-order valence-electron chi connectivity index (χ4n) is 2.33. The molecular weight excluding hydrogens is 202 g/mol. The molecule has 1 aliphatic carbocycles. The van der Waals surface area contributed by atoms with E-state index in [1.54, 1.807) is 0 Å². The Morgan fingerprint density at radius 3 is 2.62 bits per heavy atom. The molecule has 0 bridgehead atoms. The summed E-state index contributed by atoms with van der Waals surface area (Å²) < 4.78 is 0. The lowest BCUT2D eigenvalue weighted by Crippen LogP contribution is -2.43. The minimum Gasteiger partial charge on any atom is -0.395 e. The van der Waals surface area contributed by atoms with Crippen molar-refractivity contribution in [1.29, 1.82) is 0 Å². The van der Waals surface area contributed by atoms with Crippen molar-refractivity contribution in [2.75, 3.05) is 13.2 Å². The highest BCUT2D eigenvalue weighted by Gasteiger charge is 2.24. The first-order chi connectivity index (χ1) is 7.79. The Hall–Kier alpha value is -1.01. The van der Waals surface area contributed by atoms with Gasteiger partial charge in [-0.05, 0) is 12.8 Å². The van der Waals surface area contributed by atoms with E-state index < -0.39 is 0 Å². The van der Waals surface area contributed by atoms with Gasteiger partial charge < -0.3 is 10.0 Å². The van der Waals surface area contributed by atoms with Gasteiger partial charge >= 0.3 is 0 Å². The number of hydrogen-bond acceptors (Lipinski definition) is 2. The summed E-state index contributed by atoms with van der Waals surface area (Å²) in [5.41, 5.74) is 0. The third-order valence-corrected chi connectivity index (χ3v) is 3.16. The Morgan fingerprint density at radius 2 is 2.06 bits per heavy atom. The summed E-state index contributed by atoms with van der Waals surface area (Å²) in [6, 6.07) is 0.325. The van der Waals surface area contributed by atoms with Crippen LogP contribution in [-0.4, -0.2) is 35.1 Å². The maximum Gasteiger partial charge on any atom is 0.223 e. The molecule has 0 aliphatic heterocycles. The first-order valence-electron chi connectivity index (χ1n) is 6.13. The lowest BCUT2D eigenvalue weighted by Gasteiger charge is -2.34. The van der Waals surface area contributed by atoms with Gasteiger partial charge in [0.15, 0.2) is 0 Å². The number of hydrogen-bond donors (Lipinski definition) is 1. The van der Waals surface area contributed by atoms with Gasteiger partial charge in [0.25, 0.3) is 0 Å². The van der Waals surface area contributed by atoms with Crippen LogP contribution in [0.3, 0.4) is 0 Å². The normalized spacial score (nSPS) is 16.8. The predicted octanol–water partition coefficient (Wildman–Crippen LogP) is 1.55. The van der Waals surface area contributed by atoms with Gasteiger partial charge in [-0.1, -0.05) is 19.3 Å². The van der Waals surface area contributed by atoms with Gasteiger partial charge in [-0.3, -0.25) is 4.79 Å². The first kappa shape index (κ1) is 13.1. The maximum absolute atomic E-state index is 11.9. The zero-order chi connectivity index (χ0) is 11.8. The number of terminal acetylenes is 1. The molecule has 0 aromatic heterocycles. The third kappa shape index (κ3) is 3.86. The predicted molar refractivity (Wildman–Crippen MR) is 63.7 cm³/mol. The molecular formula is C13H21NO2. The van der Waals surface area contributed by atoms with E-state index in [9.17, 15) is 4.79 Å². The fourth-order valence-corrected chi connectivity index (χ4v) is 2.33. The Bertz CT molecular complexity index is 251. The van der Waals surface area contributed by atoms with Crippen LogP contribution in [0.15, 0.2) is 0 Å². The van der Waals surface area contributed by atoms with Gasteiger partial charge in [-0.15, -0.1) is 12.3 Å². The lowest BCUT2D eigenvalue weighted by molar-refractivity contribution is -0.134.